The number of hydrogen-bond acceptors (Lipinski definition) is 9. The van der Waals surface area contributed by atoms with Crippen molar-refractivity contribution in [3.05, 3.63) is 102 Å². The van der Waals surface area contributed by atoms with Crippen LogP contribution >= 0.6 is 0 Å². The number of halogens is 6. The lowest BCUT2D eigenvalue weighted by atomic mass is 9.87. The molecular weight excluding hydrogens is 612 g/mol. The lowest BCUT2D eigenvalue weighted by Crippen LogP contribution is -2.27. The Morgan fingerprint density at radius 1 is 0.435 bits per heavy atom. The molecule has 0 atom stereocenters. The summed E-state index contributed by atoms with van der Waals surface area (Å²) >= 11 is 0. The van der Waals surface area contributed by atoms with Crippen molar-refractivity contribution in [2.24, 2.45) is 0 Å². The van der Waals surface area contributed by atoms with E-state index in [1.54, 1.807) is 6.07 Å². The molecule has 3 aromatic rings. The Morgan fingerprint density at radius 2 is 0.826 bits per heavy atom. The van der Waals surface area contributed by atoms with Gasteiger partial charge >= 0.3 is 12.4 Å². The monoisotopic (exact) mass is 617 g/mol. The van der Waals surface area contributed by atoms with Crippen LogP contribution < -0.4 is 10.4 Å². The molecule has 0 heterocycles. The molecule has 15 heteroatoms. The van der Waals surface area contributed by atoms with Crippen LogP contribution in [-0.2, 0) is 12.4 Å². The van der Waals surface area contributed by atoms with Crippen molar-refractivity contribution < 1.29 is 26.3 Å². The smallest absolute Gasteiger partial charge is 0.192 e. The summed E-state index contributed by atoms with van der Waals surface area (Å²) in [5.74, 6) is 0. The van der Waals surface area contributed by atoms with E-state index in [4.69, 9.17) is 0 Å². The lowest BCUT2D eigenvalue weighted by Gasteiger charge is -2.13. The van der Waals surface area contributed by atoms with Crippen molar-refractivity contribution in [1.29, 1.82) is 47.4 Å². The zero-order valence-corrected chi connectivity index (χ0v) is 22.2. The number of benzene rings is 3. The third kappa shape index (κ3) is 5.58. The largest absolute Gasteiger partial charge is 0.416 e. The second-order valence-electron chi connectivity index (χ2n) is 8.74. The van der Waals surface area contributed by atoms with Crippen LogP contribution in [0.15, 0.2) is 30.3 Å². The van der Waals surface area contributed by atoms with Gasteiger partial charge in [-0.15, -0.1) is 0 Å². The summed E-state index contributed by atoms with van der Waals surface area (Å²) < 4.78 is 82.0. The minimum atomic E-state index is -5.10. The number of hydrogen-bond donors (Lipinski definition) is 0. The Bertz CT molecular complexity index is 2390. The summed E-state index contributed by atoms with van der Waals surface area (Å²) in [5, 5.41) is 86.8. The Hall–Kier alpha value is -7.61. The van der Waals surface area contributed by atoms with Gasteiger partial charge in [0, 0.05) is 21.6 Å². The molecule has 0 saturated carbocycles. The van der Waals surface area contributed by atoms with Crippen molar-refractivity contribution in [2.45, 2.75) is 12.4 Å². The van der Waals surface area contributed by atoms with Gasteiger partial charge in [-0.1, -0.05) is 0 Å². The predicted molar refractivity (Wildman–Crippen MR) is 138 cm³/mol. The van der Waals surface area contributed by atoms with Crippen molar-refractivity contribution in [1.82, 2.24) is 0 Å². The van der Waals surface area contributed by atoms with Gasteiger partial charge in [0.1, 0.15) is 48.6 Å². The Kier molecular flexibility index (Phi) is 8.81. The summed E-state index contributed by atoms with van der Waals surface area (Å²) in [6, 6.07) is 15.4. The summed E-state index contributed by atoms with van der Waals surface area (Å²) in [6.45, 7) is 0. The molecule has 3 aromatic carbocycles. The van der Waals surface area contributed by atoms with E-state index in [-0.39, 0.29) is 0 Å². The summed E-state index contributed by atoms with van der Waals surface area (Å²) in [5.41, 5.74) is -12.0. The highest BCUT2D eigenvalue weighted by Crippen LogP contribution is 2.35. The first-order valence-electron chi connectivity index (χ1n) is 11.8. The van der Waals surface area contributed by atoms with E-state index in [1.165, 1.54) is 48.6 Å². The molecule has 0 unspecified atom stereocenters. The van der Waals surface area contributed by atoms with E-state index in [1.807, 2.05) is 0 Å². The van der Waals surface area contributed by atoms with Crippen LogP contribution in [0.5, 0.6) is 0 Å². The topological polar surface area (TPSA) is 214 Å². The standard InChI is InChI=1S/C31H5F6N9/c32-30(33,34)18-1-15(6-38)23(9-41)21(4-18)25(11-43)20-3-17(8-40)29(28(14-46)26(20)12-44)27(13-45)22-5-19(31(35,36)37)2-16(7-39)24(22)10-42/h1-5H/b25-20-,29-27+. The molecule has 0 aliphatic heterocycles. The zero-order chi connectivity index (χ0) is 34.6. The summed E-state index contributed by atoms with van der Waals surface area (Å²) in [6.07, 6.45) is -10.2. The van der Waals surface area contributed by atoms with Crippen LogP contribution in [0.1, 0.15) is 61.2 Å². The fourth-order valence-electron chi connectivity index (χ4n) is 4.40. The fourth-order valence-corrected chi connectivity index (χ4v) is 4.40. The number of rotatable bonds is 2. The molecule has 9 nitrogen and oxygen atoms in total. The van der Waals surface area contributed by atoms with Crippen LogP contribution in [-0.4, -0.2) is 0 Å². The molecule has 0 spiro atoms. The van der Waals surface area contributed by atoms with Gasteiger partial charge in [-0.2, -0.15) is 73.7 Å². The van der Waals surface area contributed by atoms with Crippen molar-refractivity contribution >= 4 is 11.1 Å². The molecule has 0 N–H and O–H groups in total. The Morgan fingerprint density at radius 3 is 1.15 bits per heavy atom. The highest BCUT2D eigenvalue weighted by Gasteiger charge is 2.34. The third-order valence-corrected chi connectivity index (χ3v) is 6.35. The van der Waals surface area contributed by atoms with Crippen LogP contribution in [0.3, 0.4) is 0 Å². The predicted octanol–water partition coefficient (Wildman–Crippen LogP) is 4.27. The van der Waals surface area contributed by atoms with E-state index in [2.05, 4.69) is 0 Å². The maximum atomic E-state index is 13.7. The normalized spacial score (nSPS) is 11.8. The Labute approximate surface area is 253 Å². The van der Waals surface area contributed by atoms with Gasteiger partial charge in [0.15, 0.2) is 0 Å². The Balaban J connectivity index is 2.81. The van der Waals surface area contributed by atoms with Crippen LogP contribution in [0.25, 0.3) is 11.1 Å². The highest BCUT2D eigenvalue weighted by atomic mass is 19.4. The van der Waals surface area contributed by atoms with Gasteiger partial charge in [-0.3, -0.25) is 0 Å². The SMILES string of the molecule is N#C/C(c1cc(C(F)(F)F)cc(C#N)c1C#N)=c1/c(C#N)c/c(=C(\C#N)c2cc(C(F)(F)F)cc(C#N)c2C#N)c(C#N)c1C#N. The molecule has 0 bridgehead atoms. The molecule has 0 radical (unpaired) electrons. The van der Waals surface area contributed by atoms with Gasteiger partial charge in [0.05, 0.1) is 67.3 Å². The summed E-state index contributed by atoms with van der Waals surface area (Å²) in [7, 11) is 0. The molecule has 0 aliphatic carbocycles. The average molecular weight is 617 g/mol. The van der Waals surface area contributed by atoms with Crippen LogP contribution in [0.4, 0.5) is 26.3 Å². The van der Waals surface area contributed by atoms with Gasteiger partial charge in [0.2, 0.25) is 0 Å². The van der Waals surface area contributed by atoms with E-state index in [0.29, 0.717) is 30.3 Å². The maximum absolute atomic E-state index is 13.7. The molecule has 46 heavy (non-hydrogen) atoms. The molecule has 0 fully saturated rings. The van der Waals surface area contributed by atoms with E-state index < -0.39 is 95.1 Å². The molecule has 0 saturated heterocycles. The lowest BCUT2D eigenvalue weighted by molar-refractivity contribution is -0.138. The number of nitriles is 9. The minimum Gasteiger partial charge on any atom is -0.192 e. The second-order valence-corrected chi connectivity index (χ2v) is 8.74. The molecule has 0 aromatic heterocycles. The van der Waals surface area contributed by atoms with E-state index in [0.717, 1.165) is 0 Å². The first-order valence-corrected chi connectivity index (χ1v) is 11.8. The average Bonchev–Trinajstić information content (AvgIpc) is 3.03. The second kappa shape index (κ2) is 12.3. The molecule has 0 amide bonds. The van der Waals surface area contributed by atoms with E-state index in [9.17, 15) is 73.7 Å². The summed E-state index contributed by atoms with van der Waals surface area (Å²) in [4.78, 5) is 0. The van der Waals surface area contributed by atoms with Gasteiger partial charge in [-0.05, 0) is 30.3 Å². The van der Waals surface area contributed by atoms with Crippen molar-refractivity contribution in [2.75, 3.05) is 0 Å². The van der Waals surface area contributed by atoms with Gasteiger partial charge in [-0.25, -0.2) is 0 Å². The quantitative estimate of drug-likeness (QED) is 0.375. The molecule has 216 valence electrons. The van der Waals surface area contributed by atoms with Gasteiger partial charge < -0.3 is 0 Å². The first kappa shape index (κ1) is 32.9. The number of nitrogens with zero attached hydrogens (tertiary/aromatic N) is 9. The van der Waals surface area contributed by atoms with Gasteiger partial charge in [0.25, 0.3) is 0 Å². The molecule has 0 aliphatic rings. The fraction of sp³-hybridized carbons (Fsp3) is 0.0645. The third-order valence-electron chi connectivity index (χ3n) is 6.35. The number of alkyl halides is 6. The molecule has 3 rings (SSSR count). The minimum absolute atomic E-state index is 0.318. The van der Waals surface area contributed by atoms with E-state index >= 15 is 0 Å². The molecular formula is C31H5F6N9. The van der Waals surface area contributed by atoms with Crippen LogP contribution in [0, 0.1) is 102 Å². The van der Waals surface area contributed by atoms with Crippen molar-refractivity contribution in [3.63, 3.8) is 0 Å². The highest BCUT2D eigenvalue weighted by molar-refractivity contribution is 5.86. The first-order chi connectivity index (χ1) is 21.7. The zero-order valence-electron chi connectivity index (χ0n) is 22.2. The maximum Gasteiger partial charge on any atom is 0.416 e. The van der Waals surface area contributed by atoms with Crippen LogP contribution in [0.2, 0.25) is 0 Å². The van der Waals surface area contributed by atoms with Crippen molar-refractivity contribution in [3.8, 4) is 54.6 Å².